The zero-order chi connectivity index (χ0) is 15.9. The first-order valence-electron chi connectivity index (χ1n) is 4.85. The van der Waals surface area contributed by atoms with Gasteiger partial charge in [0.2, 0.25) is 0 Å². The first-order chi connectivity index (χ1) is 8.78. The molecule has 0 fully saturated rings. The van der Waals surface area contributed by atoms with Crippen LogP contribution >= 0.6 is 15.9 Å². The van der Waals surface area contributed by atoms with Crippen molar-refractivity contribution in [3.05, 3.63) is 33.8 Å². The van der Waals surface area contributed by atoms with Crippen LogP contribution < -0.4 is 5.73 Å². The van der Waals surface area contributed by atoms with Crippen molar-refractivity contribution in [2.24, 2.45) is 5.73 Å². The van der Waals surface area contributed by atoms with Gasteiger partial charge in [0.25, 0.3) is 0 Å². The number of nitrogens with two attached hydrogens (primary N) is 1. The van der Waals surface area contributed by atoms with Gasteiger partial charge in [-0.15, -0.1) is 0 Å². The summed E-state index contributed by atoms with van der Waals surface area (Å²) < 4.78 is 99.5. The van der Waals surface area contributed by atoms with Gasteiger partial charge in [0.1, 0.15) is 6.04 Å². The first-order valence-corrected chi connectivity index (χ1v) is 5.64. The zero-order valence-electron chi connectivity index (χ0n) is 9.29. The lowest BCUT2D eigenvalue weighted by molar-refractivity contribution is -0.291. The van der Waals surface area contributed by atoms with Crippen LogP contribution in [-0.2, 0) is 6.18 Å². The van der Waals surface area contributed by atoms with Crippen LogP contribution in [0.25, 0.3) is 0 Å². The smallest absolute Gasteiger partial charge is 0.319 e. The van der Waals surface area contributed by atoms with Gasteiger partial charge in [-0.05, 0) is 23.8 Å². The molecule has 10 heteroatoms. The maximum atomic E-state index is 13.1. The van der Waals surface area contributed by atoms with Crippen molar-refractivity contribution in [1.29, 1.82) is 0 Å². The largest absolute Gasteiger partial charge is 0.455 e. The number of hydrogen-bond donors (Lipinski definition) is 1. The summed E-state index contributed by atoms with van der Waals surface area (Å²) >= 11 is 2.61. The molecule has 0 saturated carbocycles. The van der Waals surface area contributed by atoms with Gasteiger partial charge in [0.05, 0.1) is 5.56 Å². The second-order valence-corrected chi connectivity index (χ2v) is 4.69. The predicted molar refractivity (Wildman–Crippen MR) is 57.1 cm³/mol. The summed E-state index contributed by atoms with van der Waals surface area (Å²) in [5, 5.41) is 0. The maximum absolute atomic E-state index is 13.1. The van der Waals surface area contributed by atoms with E-state index in [-0.39, 0.29) is 10.5 Å². The molecule has 0 amide bonds. The second kappa shape index (κ2) is 5.14. The predicted octanol–water partition coefficient (Wildman–Crippen LogP) is 4.67. The van der Waals surface area contributed by atoms with Crippen LogP contribution in [0.3, 0.4) is 0 Å². The van der Waals surface area contributed by atoms with Crippen molar-refractivity contribution in [3.8, 4) is 0 Å². The minimum absolute atomic E-state index is 0.161. The lowest BCUT2D eigenvalue weighted by Crippen LogP contribution is -2.46. The lowest BCUT2D eigenvalue weighted by Gasteiger charge is -2.27. The van der Waals surface area contributed by atoms with Crippen molar-refractivity contribution in [3.63, 3.8) is 0 Å². The molecule has 0 unspecified atom stereocenters. The van der Waals surface area contributed by atoms with E-state index in [1.165, 1.54) is 0 Å². The Morgan fingerprint density at radius 2 is 1.45 bits per heavy atom. The minimum atomic E-state index is -5.97. The fourth-order valence-corrected chi connectivity index (χ4v) is 1.82. The molecule has 0 spiro atoms. The Kier molecular flexibility index (Phi) is 4.41. The average Bonchev–Trinajstić information content (AvgIpc) is 2.25. The van der Waals surface area contributed by atoms with Crippen molar-refractivity contribution in [2.45, 2.75) is 24.3 Å². The molecular formula is C10H6BrF8N. The Balaban J connectivity index is 3.33. The van der Waals surface area contributed by atoms with Gasteiger partial charge < -0.3 is 5.73 Å². The van der Waals surface area contributed by atoms with Crippen LogP contribution in [0.1, 0.15) is 17.2 Å². The summed E-state index contributed by atoms with van der Waals surface area (Å²) in [7, 11) is 0. The van der Waals surface area contributed by atoms with E-state index >= 15 is 0 Å². The summed E-state index contributed by atoms with van der Waals surface area (Å²) in [6.07, 6.45) is -10.9. The number of alkyl halides is 8. The van der Waals surface area contributed by atoms with Gasteiger partial charge in [-0.1, -0.05) is 15.9 Å². The Morgan fingerprint density at radius 3 is 1.85 bits per heavy atom. The van der Waals surface area contributed by atoms with E-state index in [1.54, 1.807) is 0 Å². The normalized spacial score (nSPS) is 15.3. The van der Waals surface area contributed by atoms with Crippen LogP contribution in [0.4, 0.5) is 35.1 Å². The topological polar surface area (TPSA) is 26.0 Å². The maximum Gasteiger partial charge on any atom is 0.455 e. The molecule has 114 valence electrons. The van der Waals surface area contributed by atoms with Crippen molar-refractivity contribution >= 4 is 15.9 Å². The summed E-state index contributed by atoms with van der Waals surface area (Å²) in [5.74, 6) is -5.36. The fourth-order valence-electron chi connectivity index (χ4n) is 1.33. The van der Waals surface area contributed by atoms with Gasteiger partial charge in [-0.3, -0.25) is 0 Å². The summed E-state index contributed by atoms with van der Waals surface area (Å²) in [6, 6.07) is -1.55. The highest BCUT2D eigenvalue weighted by atomic mass is 79.9. The Morgan fingerprint density at radius 1 is 0.950 bits per heavy atom. The van der Waals surface area contributed by atoms with Crippen LogP contribution in [0.2, 0.25) is 0 Å². The van der Waals surface area contributed by atoms with Gasteiger partial charge in [-0.25, -0.2) is 0 Å². The molecule has 2 N–H and O–H groups in total. The quantitative estimate of drug-likeness (QED) is 0.751. The number of halogens is 9. The monoisotopic (exact) mass is 371 g/mol. The number of rotatable bonds is 2. The highest BCUT2D eigenvalue weighted by molar-refractivity contribution is 9.10. The third kappa shape index (κ3) is 3.22. The molecule has 0 radical (unpaired) electrons. The Hall–Kier alpha value is -0.900. The van der Waals surface area contributed by atoms with Crippen LogP contribution in [0.5, 0.6) is 0 Å². The van der Waals surface area contributed by atoms with E-state index in [9.17, 15) is 35.1 Å². The van der Waals surface area contributed by atoms with Crippen LogP contribution in [0, 0.1) is 0 Å². The van der Waals surface area contributed by atoms with Gasteiger partial charge in [-0.2, -0.15) is 35.1 Å². The van der Waals surface area contributed by atoms with E-state index in [4.69, 9.17) is 5.73 Å². The molecule has 1 atom stereocenters. The number of hydrogen-bond acceptors (Lipinski definition) is 1. The third-order valence-electron chi connectivity index (χ3n) is 2.43. The molecule has 1 rings (SSSR count). The molecule has 0 aromatic heterocycles. The standard InChI is InChI=1S/C10H6BrF8N/c11-6-2-1-4(9(14,15)16)3-5(6)7(20)8(12,13)10(17,18)19/h1-3,7H,20H2/t7-/m1/s1. The van der Waals surface area contributed by atoms with Gasteiger partial charge >= 0.3 is 18.3 Å². The highest BCUT2D eigenvalue weighted by Crippen LogP contribution is 2.45. The molecule has 0 saturated heterocycles. The van der Waals surface area contributed by atoms with Crippen LogP contribution in [-0.4, -0.2) is 12.1 Å². The summed E-state index contributed by atoms with van der Waals surface area (Å²) in [4.78, 5) is 0. The Bertz CT molecular complexity index is 493. The van der Waals surface area contributed by atoms with E-state index in [0.29, 0.717) is 12.1 Å². The third-order valence-corrected chi connectivity index (χ3v) is 3.15. The summed E-state index contributed by atoms with van der Waals surface area (Å²) in [5.41, 5.74) is 2.45. The van der Waals surface area contributed by atoms with Crippen molar-refractivity contribution in [1.82, 2.24) is 0 Å². The number of benzene rings is 1. The molecule has 0 aliphatic heterocycles. The molecular weight excluding hydrogens is 366 g/mol. The van der Waals surface area contributed by atoms with Crippen molar-refractivity contribution in [2.75, 3.05) is 0 Å². The van der Waals surface area contributed by atoms with Crippen LogP contribution in [0.15, 0.2) is 22.7 Å². The van der Waals surface area contributed by atoms with Crippen molar-refractivity contribution < 1.29 is 35.1 Å². The average molecular weight is 372 g/mol. The zero-order valence-corrected chi connectivity index (χ0v) is 10.9. The van der Waals surface area contributed by atoms with E-state index in [2.05, 4.69) is 15.9 Å². The molecule has 0 heterocycles. The molecule has 0 aliphatic rings. The molecule has 1 nitrogen and oxygen atoms in total. The fraction of sp³-hybridized carbons (Fsp3) is 0.400. The minimum Gasteiger partial charge on any atom is -0.319 e. The molecule has 1 aromatic carbocycles. The van der Waals surface area contributed by atoms with Gasteiger partial charge in [0.15, 0.2) is 0 Å². The second-order valence-electron chi connectivity index (χ2n) is 3.83. The first kappa shape index (κ1) is 17.2. The molecule has 0 aliphatic carbocycles. The highest BCUT2D eigenvalue weighted by Gasteiger charge is 2.62. The Labute approximate surface area is 115 Å². The molecule has 0 bridgehead atoms. The van der Waals surface area contributed by atoms with E-state index < -0.39 is 35.4 Å². The summed E-state index contributed by atoms with van der Waals surface area (Å²) in [6.45, 7) is 0. The SMILES string of the molecule is N[C@H](c1cc(C(F)(F)F)ccc1Br)C(F)(F)C(F)(F)F. The van der Waals surface area contributed by atoms with Gasteiger partial charge in [0, 0.05) is 4.47 Å². The lowest BCUT2D eigenvalue weighted by atomic mass is 9.99. The van der Waals surface area contributed by atoms with E-state index in [0.717, 1.165) is 0 Å². The van der Waals surface area contributed by atoms with E-state index in [1.807, 2.05) is 0 Å². The molecule has 1 aromatic rings. The molecule has 20 heavy (non-hydrogen) atoms.